The number of anilines is 2. The van der Waals surface area contributed by atoms with Crippen LogP contribution in [0.1, 0.15) is 12.5 Å². The third kappa shape index (κ3) is 5.55. The lowest BCUT2D eigenvalue weighted by molar-refractivity contribution is -0.0591. The molecule has 10 atom stereocenters. The SMILES string of the molecule is Nc1nc2c(ncn2[C@@H]2O[C@@H]3COP(O)(=S)O[C@@H]4[C@H](N)[C@@H](COP(=O)(S)O[C@@H]2[C@@H]3F)O[C@H]4n2cnc3c(N)ncnc32)c(=O)[nH]1. The molecule has 0 radical (unpaired) electrons. The van der Waals surface area contributed by atoms with E-state index in [9.17, 15) is 14.3 Å². The number of alkyl halides is 1. The Morgan fingerprint density at radius 1 is 1.00 bits per heavy atom. The number of H-pyrrole nitrogens is 1. The van der Waals surface area contributed by atoms with Crippen LogP contribution >= 0.6 is 25.8 Å². The molecule has 25 heteroatoms. The third-order valence-electron chi connectivity index (χ3n) is 7.37. The number of ether oxygens (including phenoxy) is 2. The lowest BCUT2D eigenvalue weighted by Crippen LogP contribution is -2.43. The predicted molar refractivity (Wildman–Crippen MR) is 158 cm³/mol. The van der Waals surface area contributed by atoms with Crippen molar-refractivity contribution in [1.29, 1.82) is 0 Å². The Morgan fingerprint density at radius 3 is 2.44 bits per heavy atom. The molecular weight excluding hydrogens is 683 g/mol. The molecule has 20 nitrogen and oxygen atoms in total. The number of hydrogen-bond donors (Lipinski definition) is 6. The standard InChI is InChI=1S/C20H24FN11O9P2S2/c21-8-6-1-36-43(35,45)41-13-9(22)7(39-19(13)31-4-27-10-14(23)25-3-26-15(10)31)2-37-42(34,44)40-12(8)18(38-6)32-5-28-11-16(32)29-20(24)30-17(11)33/h3-9,12-13,18-19H,1-2,22H2,(H,34,44)(H,35,45)(H2,23,25,26)(H3,24,29,30,33)/t6-,7-,8-,9-,12-,13-,18-,19-,42?,43?/m1/s1. The Bertz CT molecular complexity index is 1950. The smallest absolute Gasteiger partial charge is 0.382 e. The summed E-state index contributed by atoms with van der Waals surface area (Å²) in [6.45, 7) is -9.71. The topological polar surface area (TPSA) is 278 Å². The van der Waals surface area contributed by atoms with Crippen molar-refractivity contribution >= 4 is 71.7 Å². The van der Waals surface area contributed by atoms with E-state index >= 15 is 4.39 Å². The van der Waals surface area contributed by atoms with Crippen LogP contribution in [-0.4, -0.2) is 93.8 Å². The predicted octanol–water partition coefficient (Wildman–Crippen LogP) is -0.344. The maximum absolute atomic E-state index is 15.9. The van der Waals surface area contributed by atoms with Crippen LogP contribution < -0.4 is 22.8 Å². The Morgan fingerprint density at radius 2 is 1.67 bits per heavy atom. The van der Waals surface area contributed by atoms with Crippen molar-refractivity contribution in [2.24, 2.45) is 5.73 Å². The van der Waals surface area contributed by atoms with Crippen LogP contribution in [0.5, 0.6) is 0 Å². The van der Waals surface area contributed by atoms with Gasteiger partial charge in [0.15, 0.2) is 41.3 Å². The van der Waals surface area contributed by atoms with Gasteiger partial charge in [-0.25, -0.2) is 28.9 Å². The fourth-order valence-corrected chi connectivity index (χ4v) is 8.18. The second-order valence-corrected chi connectivity index (χ2v) is 15.8. The second kappa shape index (κ2) is 11.2. The highest BCUT2D eigenvalue weighted by Crippen LogP contribution is 2.58. The minimum absolute atomic E-state index is 0.0752. The van der Waals surface area contributed by atoms with E-state index in [0.29, 0.717) is 0 Å². The van der Waals surface area contributed by atoms with E-state index in [1.807, 2.05) is 0 Å². The van der Waals surface area contributed by atoms with Gasteiger partial charge in [-0.1, -0.05) is 12.2 Å². The fraction of sp³-hybridized carbons (Fsp3) is 0.500. The minimum atomic E-state index is -4.38. The molecule has 0 aromatic carbocycles. The number of imidazole rings is 2. The monoisotopic (exact) mass is 707 g/mol. The second-order valence-electron chi connectivity index (χ2n) is 10.2. The molecule has 3 saturated heterocycles. The zero-order valence-corrected chi connectivity index (χ0v) is 26.0. The largest absolute Gasteiger partial charge is 0.386 e. The van der Waals surface area contributed by atoms with Gasteiger partial charge in [-0.2, -0.15) is 4.98 Å². The third-order valence-corrected chi connectivity index (χ3v) is 10.5. The lowest BCUT2D eigenvalue weighted by atomic mass is 10.1. The van der Waals surface area contributed by atoms with Crippen LogP contribution in [0, 0.1) is 0 Å². The number of nitrogen functional groups attached to an aromatic ring is 2. The number of hydrogen-bond acceptors (Lipinski definition) is 17. The zero-order valence-electron chi connectivity index (χ0n) is 22.5. The van der Waals surface area contributed by atoms with Crippen molar-refractivity contribution in [2.75, 3.05) is 24.7 Å². The molecule has 0 saturated carbocycles. The highest BCUT2D eigenvalue weighted by atomic mass is 32.7. The molecule has 8 N–H and O–H groups in total. The molecule has 3 fully saturated rings. The van der Waals surface area contributed by atoms with E-state index in [2.05, 4.69) is 42.2 Å². The first kappa shape index (κ1) is 31.0. The normalized spacial score (nSPS) is 37.7. The number of nitrogens with one attached hydrogen (secondary N) is 1. The fourth-order valence-electron chi connectivity index (χ4n) is 5.30. The molecule has 4 bridgehead atoms. The van der Waals surface area contributed by atoms with Gasteiger partial charge in [-0.15, -0.1) is 0 Å². The van der Waals surface area contributed by atoms with Crippen LogP contribution in [0.3, 0.4) is 0 Å². The van der Waals surface area contributed by atoms with Crippen LogP contribution in [0.25, 0.3) is 22.3 Å². The first-order chi connectivity index (χ1) is 21.3. The summed E-state index contributed by atoms with van der Waals surface area (Å²) in [5.74, 6) is -0.144. The summed E-state index contributed by atoms with van der Waals surface area (Å²) >= 11 is 9.31. The highest BCUT2D eigenvalue weighted by Gasteiger charge is 2.53. The van der Waals surface area contributed by atoms with Crippen LogP contribution in [0.2, 0.25) is 0 Å². The number of fused-ring (bicyclic) bond motifs is 6. The summed E-state index contributed by atoms with van der Waals surface area (Å²) in [6.07, 6.45) is -6.29. The van der Waals surface area contributed by atoms with Gasteiger partial charge in [0, 0.05) is 0 Å². The number of nitrogens with zero attached hydrogens (tertiary/aromatic N) is 7. The molecule has 0 amide bonds. The van der Waals surface area contributed by atoms with Crippen molar-refractivity contribution in [2.45, 2.75) is 49.1 Å². The average Bonchev–Trinajstić information content (AvgIpc) is 3.72. The zero-order chi connectivity index (χ0) is 31.8. The molecule has 0 aliphatic carbocycles. The summed E-state index contributed by atoms with van der Waals surface area (Å²) in [7, 11) is 0. The maximum Gasteiger partial charge on any atom is 0.386 e. The first-order valence-electron chi connectivity index (χ1n) is 13.0. The first-order valence-corrected chi connectivity index (χ1v) is 18.3. The molecule has 3 aliphatic rings. The van der Waals surface area contributed by atoms with E-state index in [-0.39, 0.29) is 34.1 Å². The molecular formula is C20H24FN11O9P2S2. The molecule has 242 valence electrons. The van der Waals surface area contributed by atoms with Gasteiger partial charge in [-0.05, 0) is 11.8 Å². The van der Waals surface area contributed by atoms with Crippen LogP contribution in [-0.2, 0) is 43.9 Å². The average molecular weight is 708 g/mol. The molecule has 3 aliphatic heterocycles. The van der Waals surface area contributed by atoms with E-state index in [0.717, 1.165) is 6.33 Å². The van der Waals surface area contributed by atoms with E-state index < -0.39 is 81.4 Å². The number of thiol groups is 1. The molecule has 0 spiro atoms. The Labute approximate surface area is 260 Å². The van der Waals surface area contributed by atoms with Crippen molar-refractivity contribution in [3.8, 4) is 0 Å². The van der Waals surface area contributed by atoms with Gasteiger partial charge in [0.05, 0.1) is 31.9 Å². The van der Waals surface area contributed by atoms with Crippen LogP contribution in [0.15, 0.2) is 23.8 Å². The number of halogens is 1. The summed E-state index contributed by atoms with van der Waals surface area (Å²) in [6, 6.07) is -1.05. The molecule has 45 heavy (non-hydrogen) atoms. The lowest BCUT2D eigenvalue weighted by Gasteiger charge is -2.27. The van der Waals surface area contributed by atoms with E-state index in [1.54, 1.807) is 0 Å². The highest BCUT2D eigenvalue weighted by molar-refractivity contribution is 8.44. The Kier molecular flexibility index (Phi) is 7.74. The minimum Gasteiger partial charge on any atom is -0.382 e. The van der Waals surface area contributed by atoms with Gasteiger partial charge in [0.25, 0.3) is 5.56 Å². The van der Waals surface area contributed by atoms with Gasteiger partial charge in [-0.3, -0.25) is 32.5 Å². The molecule has 2 unspecified atom stereocenters. The van der Waals surface area contributed by atoms with Crippen molar-refractivity contribution in [3.05, 3.63) is 29.3 Å². The number of aromatic nitrogens is 8. The molecule has 4 aromatic rings. The van der Waals surface area contributed by atoms with Gasteiger partial charge in [0.1, 0.15) is 36.3 Å². The summed E-state index contributed by atoms with van der Waals surface area (Å²) in [5, 5.41) is 0. The van der Waals surface area contributed by atoms with Crippen molar-refractivity contribution in [3.63, 3.8) is 0 Å². The quantitative estimate of drug-likeness (QED) is 0.115. The number of aromatic amines is 1. The van der Waals surface area contributed by atoms with Crippen molar-refractivity contribution < 1.29 is 41.4 Å². The number of nitrogens with two attached hydrogens (primary N) is 3. The Hall–Kier alpha value is -2.66. The van der Waals surface area contributed by atoms with Crippen molar-refractivity contribution in [1.82, 2.24) is 39.0 Å². The van der Waals surface area contributed by atoms with Crippen LogP contribution in [0.4, 0.5) is 16.2 Å². The van der Waals surface area contributed by atoms with Gasteiger partial charge >= 0.3 is 13.5 Å². The van der Waals surface area contributed by atoms with Gasteiger partial charge < -0.3 is 36.1 Å². The molecule has 4 aromatic heterocycles. The van der Waals surface area contributed by atoms with Gasteiger partial charge in [0.2, 0.25) is 5.95 Å². The molecule has 7 rings (SSSR count). The maximum atomic E-state index is 15.9. The summed E-state index contributed by atoms with van der Waals surface area (Å²) < 4.78 is 66.5. The van der Waals surface area contributed by atoms with E-state index in [1.165, 1.54) is 21.8 Å². The van der Waals surface area contributed by atoms with E-state index in [4.69, 9.17) is 56.6 Å². The number of rotatable bonds is 2. The molecule has 7 heterocycles. The summed E-state index contributed by atoms with van der Waals surface area (Å²) in [4.78, 5) is 46.1. The summed E-state index contributed by atoms with van der Waals surface area (Å²) in [5.41, 5.74) is 17.7. The Balaban J connectivity index is 1.23.